The average Bonchev–Trinajstić information content (AvgIpc) is 3.18. The molecule has 0 radical (unpaired) electrons. The van der Waals surface area contributed by atoms with Gasteiger partial charge >= 0.3 is 5.76 Å². The van der Waals surface area contributed by atoms with Gasteiger partial charge in [-0.15, -0.1) is 16.4 Å². The molecule has 1 aromatic carbocycles. The van der Waals surface area contributed by atoms with Gasteiger partial charge in [0.1, 0.15) is 6.67 Å². The molecule has 0 bridgehead atoms. The van der Waals surface area contributed by atoms with E-state index in [9.17, 15) is 4.79 Å². The highest BCUT2D eigenvalue weighted by molar-refractivity contribution is 7.13. The molecule has 3 aromatic rings. The molecule has 0 atom stereocenters. The third-order valence-electron chi connectivity index (χ3n) is 3.88. The van der Waals surface area contributed by atoms with Gasteiger partial charge in [0.05, 0.1) is 4.88 Å². The third-order valence-corrected chi connectivity index (χ3v) is 4.74. The molecule has 2 aromatic heterocycles. The van der Waals surface area contributed by atoms with Crippen LogP contribution in [0.15, 0.2) is 51.0 Å². The first-order valence-corrected chi connectivity index (χ1v) is 8.08. The van der Waals surface area contributed by atoms with Crippen molar-refractivity contribution in [2.45, 2.75) is 19.6 Å². The lowest BCUT2D eigenvalue weighted by molar-refractivity contribution is 0.183. The Hall–Kier alpha value is -2.18. The van der Waals surface area contributed by atoms with Crippen molar-refractivity contribution in [1.29, 1.82) is 0 Å². The van der Waals surface area contributed by atoms with Crippen molar-refractivity contribution in [2.24, 2.45) is 0 Å². The minimum absolute atomic E-state index is 0.400. The molecular weight excluding hydrogens is 298 g/mol. The second kappa shape index (κ2) is 5.55. The Bertz CT molecular complexity index is 835. The van der Waals surface area contributed by atoms with E-state index < -0.39 is 5.76 Å². The zero-order chi connectivity index (χ0) is 14.9. The normalized spacial score (nSPS) is 14.9. The van der Waals surface area contributed by atoms with Gasteiger partial charge in [-0.05, 0) is 29.0 Å². The van der Waals surface area contributed by atoms with E-state index in [2.05, 4.69) is 34.3 Å². The number of nitrogens with zero attached hydrogens (tertiary/aromatic N) is 3. The lowest BCUT2D eigenvalue weighted by Crippen LogP contribution is -2.35. The van der Waals surface area contributed by atoms with Gasteiger partial charge < -0.3 is 4.42 Å². The van der Waals surface area contributed by atoms with Crippen LogP contribution in [0.4, 0.5) is 0 Å². The summed E-state index contributed by atoms with van der Waals surface area (Å²) in [5, 5.41) is 6.25. The first kappa shape index (κ1) is 13.5. The number of fused-ring (bicyclic) bond motifs is 1. The summed E-state index contributed by atoms with van der Waals surface area (Å²) in [7, 11) is 0. The Morgan fingerprint density at radius 1 is 1.18 bits per heavy atom. The van der Waals surface area contributed by atoms with E-state index >= 15 is 0 Å². The Balaban J connectivity index is 1.54. The van der Waals surface area contributed by atoms with E-state index in [1.165, 1.54) is 27.1 Å². The molecular formula is C16H15N3O2S. The van der Waals surface area contributed by atoms with Crippen LogP contribution in [0.3, 0.4) is 0 Å². The molecule has 3 heterocycles. The van der Waals surface area contributed by atoms with Gasteiger partial charge in [-0.25, -0.2) is 4.79 Å². The minimum atomic E-state index is -0.401. The summed E-state index contributed by atoms with van der Waals surface area (Å²) in [6.45, 7) is 2.22. The molecule has 0 amide bonds. The maximum Gasteiger partial charge on any atom is 0.438 e. The van der Waals surface area contributed by atoms with Crippen molar-refractivity contribution >= 4 is 11.3 Å². The summed E-state index contributed by atoms with van der Waals surface area (Å²) >= 11 is 1.51. The highest BCUT2D eigenvalue weighted by atomic mass is 32.1. The van der Waals surface area contributed by atoms with E-state index in [-0.39, 0.29) is 0 Å². The van der Waals surface area contributed by atoms with Crippen LogP contribution in [0, 0.1) is 0 Å². The summed E-state index contributed by atoms with van der Waals surface area (Å²) in [5.41, 5.74) is 2.72. The molecule has 4 rings (SSSR count). The molecule has 5 nitrogen and oxygen atoms in total. The highest BCUT2D eigenvalue weighted by Gasteiger charge is 2.18. The largest absolute Gasteiger partial charge is 0.438 e. The Morgan fingerprint density at radius 2 is 2.05 bits per heavy atom. The van der Waals surface area contributed by atoms with Crippen LogP contribution in [-0.2, 0) is 19.6 Å². The van der Waals surface area contributed by atoms with Crippen LogP contribution in [-0.4, -0.2) is 21.2 Å². The average molecular weight is 313 g/mol. The molecule has 1 aliphatic rings. The van der Waals surface area contributed by atoms with Crippen LogP contribution in [0.2, 0.25) is 0 Å². The lowest BCUT2D eigenvalue weighted by Gasteiger charge is -2.27. The summed E-state index contributed by atoms with van der Waals surface area (Å²) in [4.78, 5) is 15.1. The Kier molecular flexibility index (Phi) is 3.40. The van der Waals surface area contributed by atoms with E-state index in [0.29, 0.717) is 12.6 Å². The first-order valence-electron chi connectivity index (χ1n) is 7.20. The monoisotopic (exact) mass is 313 g/mol. The first-order chi connectivity index (χ1) is 10.8. The smallest absolute Gasteiger partial charge is 0.387 e. The molecule has 22 heavy (non-hydrogen) atoms. The van der Waals surface area contributed by atoms with Crippen LogP contribution in [0.1, 0.15) is 11.1 Å². The number of hydrogen-bond acceptors (Lipinski definition) is 5. The van der Waals surface area contributed by atoms with Crippen LogP contribution >= 0.6 is 11.3 Å². The number of thiophene rings is 1. The standard InChI is InChI=1S/C16H15N3O2S/c20-16-19(17-15(21-16)14-6-3-9-22-14)11-18-8-7-12-4-1-2-5-13(12)10-18/h1-6,9H,7-8,10-11H2. The van der Waals surface area contributed by atoms with E-state index in [0.717, 1.165) is 24.4 Å². The van der Waals surface area contributed by atoms with Crippen LogP contribution in [0.5, 0.6) is 0 Å². The van der Waals surface area contributed by atoms with Gasteiger partial charge in [0.25, 0.3) is 5.89 Å². The highest BCUT2D eigenvalue weighted by Crippen LogP contribution is 2.22. The topological polar surface area (TPSA) is 51.3 Å². The fourth-order valence-electron chi connectivity index (χ4n) is 2.76. The van der Waals surface area contributed by atoms with Gasteiger partial charge in [0.15, 0.2) is 0 Å². The molecule has 0 N–H and O–H groups in total. The maximum atomic E-state index is 12.0. The third kappa shape index (κ3) is 2.51. The van der Waals surface area contributed by atoms with E-state index in [1.807, 2.05) is 17.5 Å². The summed E-state index contributed by atoms with van der Waals surface area (Å²) in [6, 6.07) is 12.3. The molecule has 1 aliphatic heterocycles. The Labute approximate surface area is 131 Å². The zero-order valence-corrected chi connectivity index (χ0v) is 12.8. The van der Waals surface area contributed by atoms with Crippen molar-refractivity contribution in [3.05, 3.63) is 63.5 Å². The molecule has 0 saturated heterocycles. The van der Waals surface area contributed by atoms with Crippen molar-refractivity contribution in [3.63, 3.8) is 0 Å². The van der Waals surface area contributed by atoms with Gasteiger partial charge in [-0.2, -0.15) is 4.68 Å². The number of rotatable bonds is 3. The lowest BCUT2D eigenvalue weighted by atomic mass is 10.0. The summed E-state index contributed by atoms with van der Waals surface area (Å²) in [5.74, 6) is -0.000307. The predicted molar refractivity (Wildman–Crippen MR) is 84.6 cm³/mol. The van der Waals surface area contributed by atoms with Gasteiger partial charge in [-0.3, -0.25) is 4.90 Å². The van der Waals surface area contributed by atoms with Crippen molar-refractivity contribution in [2.75, 3.05) is 6.54 Å². The molecule has 0 spiro atoms. The van der Waals surface area contributed by atoms with Gasteiger partial charge in [-0.1, -0.05) is 30.3 Å². The summed E-state index contributed by atoms with van der Waals surface area (Å²) in [6.07, 6.45) is 1.00. The molecule has 0 unspecified atom stereocenters. The van der Waals surface area contributed by atoms with Crippen molar-refractivity contribution < 1.29 is 4.42 Å². The van der Waals surface area contributed by atoms with Gasteiger partial charge in [0, 0.05) is 13.1 Å². The van der Waals surface area contributed by atoms with Crippen LogP contribution < -0.4 is 5.76 Å². The molecule has 0 fully saturated rings. The van der Waals surface area contributed by atoms with E-state index in [4.69, 9.17) is 4.42 Å². The summed E-state index contributed by atoms with van der Waals surface area (Å²) < 4.78 is 6.66. The molecule has 0 saturated carbocycles. The fraction of sp³-hybridized carbons (Fsp3) is 0.250. The minimum Gasteiger partial charge on any atom is -0.387 e. The Morgan fingerprint density at radius 3 is 2.86 bits per heavy atom. The quantitative estimate of drug-likeness (QED) is 0.746. The number of benzene rings is 1. The SMILES string of the molecule is O=c1oc(-c2cccs2)nn1CN1CCc2ccccc2C1. The molecule has 112 valence electrons. The second-order valence-corrected chi connectivity index (χ2v) is 6.31. The fourth-order valence-corrected chi connectivity index (χ4v) is 3.40. The maximum absolute atomic E-state index is 12.0. The zero-order valence-electron chi connectivity index (χ0n) is 11.9. The van der Waals surface area contributed by atoms with E-state index in [1.54, 1.807) is 0 Å². The molecule has 0 aliphatic carbocycles. The molecule has 6 heteroatoms. The van der Waals surface area contributed by atoms with Crippen molar-refractivity contribution in [1.82, 2.24) is 14.7 Å². The second-order valence-electron chi connectivity index (χ2n) is 5.36. The van der Waals surface area contributed by atoms with Gasteiger partial charge in [0.2, 0.25) is 0 Å². The number of hydrogen-bond donors (Lipinski definition) is 0. The number of aromatic nitrogens is 2. The predicted octanol–water partition coefficient (Wildman–Crippen LogP) is 2.58. The van der Waals surface area contributed by atoms with Crippen LogP contribution in [0.25, 0.3) is 10.8 Å². The van der Waals surface area contributed by atoms with Crippen molar-refractivity contribution in [3.8, 4) is 10.8 Å².